The van der Waals surface area contributed by atoms with Gasteiger partial charge in [0.25, 0.3) is 0 Å². The van der Waals surface area contributed by atoms with Crippen molar-refractivity contribution in [1.29, 1.82) is 0 Å². The summed E-state index contributed by atoms with van der Waals surface area (Å²) in [6.45, 7) is 6.69. The molecule has 0 fully saturated rings. The Hall–Kier alpha value is -3.98. The Morgan fingerprint density at radius 1 is 0.515 bits per heavy atom. The molecule has 0 saturated heterocycles. The van der Waals surface area contributed by atoms with E-state index in [1.54, 1.807) is 0 Å². The summed E-state index contributed by atoms with van der Waals surface area (Å²) >= 11 is 0. The molecule has 1 aromatic heterocycles. The van der Waals surface area contributed by atoms with Gasteiger partial charge in [0.05, 0.1) is 0 Å². The van der Waals surface area contributed by atoms with Crippen LogP contribution in [0.5, 0.6) is 0 Å². The first-order valence-corrected chi connectivity index (χ1v) is 11.3. The van der Waals surface area contributed by atoms with Crippen molar-refractivity contribution in [3.05, 3.63) is 115 Å². The van der Waals surface area contributed by atoms with Crippen molar-refractivity contribution in [3.63, 3.8) is 0 Å². The molecule has 4 aromatic carbocycles. The zero-order valence-corrected chi connectivity index (χ0v) is 19.2. The fourth-order valence-corrected chi connectivity index (χ4v) is 4.05. The van der Waals surface area contributed by atoms with Crippen LogP contribution in [0.1, 0.15) is 26.3 Å². The summed E-state index contributed by atoms with van der Waals surface area (Å²) in [5.41, 5.74) is 6.85. The van der Waals surface area contributed by atoms with Crippen LogP contribution in [0.3, 0.4) is 0 Å². The lowest BCUT2D eigenvalue weighted by molar-refractivity contribution is 0.590. The zero-order valence-electron chi connectivity index (χ0n) is 19.2. The van der Waals surface area contributed by atoms with E-state index in [1.165, 1.54) is 16.7 Å². The van der Waals surface area contributed by atoms with E-state index in [0.29, 0.717) is 0 Å². The number of hydrogen-bond acceptors (Lipinski definition) is 2. The van der Waals surface area contributed by atoms with Gasteiger partial charge in [-0.3, -0.25) is 4.57 Å². The molecule has 0 aliphatic carbocycles. The Morgan fingerprint density at radius 3 is 1.67 bits per heavy atom. The second-order valence-electron chi connectivity index (χ2n) is 9.29. The molecule has 5 aromatic rings. The van der Waals surface area contributed by atoms with Gasteiger partial charge in [-0.05, 0) is 40.3 Å². The molecule has 5 rings (SSSR count). The van der Waals surface area contributed by atoms with Gasteiger partial charge in [0, 0.05) is 16.8 Å². The van der Waals surface area contributed by atoms with Crippen molar-refractivity contribution in [2.45, 2.75) is 26.2 Å². The highest BCUT2D eigenvalue weighted by Gasteiger charge is 2.19. The highest BCUT2D eigenvalue weighted by Crippen LogP contribution is 2.32. The Morgan fingerprint density at radius 2 is 1.03 bits per heavy atom. The van der Waals surface area contributed by atoms with Crippen molar-refractivity contribution in [2.75, 3.05) is 0 Å². The molecule has 0 bridgehead atoms. The Kier molecular flexibility index (Phi) is 5.39. The minimum atomic E-state index is 0.0592. The summed E-state index contributed by atoms with van der Waals surface area (Å²) in [5.74, 6) is 1.67. The van der Waals surface area contributed by atoms with Crippen LogP contribution in [0.15, 0.2) is 109 Å². The highest BCUT2D eigenvalue weighted by atomic mass is 15.3. The molecule has 0 radical (unpaired) electrons. The van der Waals surface area contributed by atoms with Crippen molar-refractivity contribution in [3.8, 4) is 39.6 Å². The minimum Gasteiger partial charge on any atom is -0.275 e. The van der Waals surface area contributed by atoms with Gasteiger partial charge in [0.2, 0.25) is 0 Å². The second-order valence-corrected chi connectivity index (χ2v) is 9.29. The number of aromatic nitrogens is 3. The van der Waals surface area contributed by atoms with Crippen molar-refractivity contribution in [1.82, 2.24) is 14.8 Å². The summed E-state index contributed by atoms with van der Waals surface area (Å²) in [6, 6.07) is 37.9. The zero-order chi connectivity index (χ0) is 22.8. The molecule has 0 amide bonds. The molecule has 0 unspecified atom stereocenters. The van der Waals surface area contributed by atoms with Gasteiger partial charge in [-0.1, -0.05) is 112 Å². The third-order valence-corrected chi connectivity index (χ3v) is 5.91. The van der Waals surface area contributed by atoms with Crippen molar-refractivity contribution < 1.29 is 0 Å². The van der Waals surface area contributed by atoms with E-state index in [2.05, 4.69) is 120 Å². The third kappa shape index (κ3) is 4.22. The predicted molar refractivity (Wildman–Crippen MR) is 136 cm³/mol. The predicted octanol–water partition coefficient (Wildman–Crippen LogP) is 7.57. The molecule has 0 spiro atoms. The van der Waals surface area contributed by atoms with Gasteiger partial charge >= 0.3 is 0 Å². The van der Waals surface area contributed by atoms with Gasteiger partial charge in [0.15, 0.2) is 11.6 Å². The second kappa shape index (κ2) is 8.51. The fourth-order valence-electron chi connectivity index (χ4n) is 4.05. The molecule has 0 N–H and O–H groups in total. The number of hydrogen-bond donors (Lipinski definition) is 0. The van der Waals surface area contributed by atoms with E-state index in [4.69, 9.17) is 0 Å². The average Bonchev–Trinajstić information content (AvgIpc) is 3.30. The van der Waals surface area contributed by atoms with E-state index in [9.17, 15) is 0 Å². The van der Waals surface area contributed by atoms with Gasteiger partial charge < -0.3 is 0 Å². The van der Waals surface area contributed by atoms with Crippen LogP contribution >= 0.6 is 0 Å². The maximum Gasteiger partial charge on any atom is 0.168 e. The van der Waals surface area contributed by atoms with E-state index < -0.39 is 0 Å². The van der Waals surface area contributed by atoms with Gasteiger partial charge in [0.1, 0.15) is 0 Å². The maximum absolute atomic E-state index is 4.66. The number of nitrogens with zero attached hydrogens (tertiary/aromatic N) is 3. The molecular weight excluding hydrogens is 402 g/mol. The average molecular weight is 430 g/mol. The molecule has 3 heteroatoms. The first-order chi connectivity index (χ1) is 16.0. The van der Waals surface area contributed by atoms with E-state index in [1.807, 2.05) is 24.3 Å². The Balaban J connectivity index is 1.63. The van der Waals surface area contributed by atoms with Crippen LogP contribution < -0.4 is 0 Å². The molecule has 1 heterocycles. The standard InChI is InChI=1S/C30H27N3/c1-30(2,3)26-14-10-13-25(21-26)29-32-31-28(33(29)27-15-8-5-9-16-27)24-19-17-23(18-20-24)22-11-6-4-7-12-22/h4-21H,1-3H3. The summed E-state index contributed by atoms with van der Waals surface area (Å²) in [4.78, 5) is 0. The van der Waals surface area contributed by atoms with E-state index in [0.717, 1.165) is 28.5 Å². The normalized spacial score (nSPS) is 11.5. The summed E-state index contributed by atoms with van der Waals surface area (Å²) in [5, 5.41) is 9.30. The topological polar surface area (TPSA) is 30.7 Å². The van der Waals surface area contributed by atoms with Crippen molar-refractivity contribution >= 4 is 0 Å². The molecule has 0 aliphatic heterocycles. The molecular formula is C30H27N3. The number of benzene rings is 4. The SMILES string of the molecule is CC(C)(C)c1cccc(-c2nnc(-c3ccc(-c4ccccc4)cc3)n2-c2ccccc2)c1. The number of rotatable bonds is 4. The Labute approximate surface area is 195 Å². The lowest BCUT2D eigenvalue weighted by Crippen LogP contribution is -2.11. The third-order valence-electron chi connectivity index (χ3n) is 5.91. The summed E-state index contributed by atoms with van der Waals surface area (Å²) < 4.78 is 2.15. The minimum absolute atomic E-state index is 0.0592. The van der Waals surface area contributed by atoms with E-state index >= 15 is 0 Å². The first-order valence-electron chi connectivity index (χ1n) is 11.3. The van der Waals surface area contributed by atoms with Crippen LogP contribution in [0.2, 0.25) is 0 Å². The number of para-hydroxylation sites is 1. The smallest absolute Gasteiger partial charge is 0.168 e. The largest absolute Gasteiger partial charge is 0.275 e. The van der Waals surface area contributed by atoms with Crippen LogP contribution in [0.25, 0.3) is 39.6 Å². The molecule has 3 nitrogen and oxygen atoms in total. The van der Waals surface area contributed by atoms with Crippen LogP contribution in [0, 0.1) is 0 Å². The Bertz CT molecular complexity index is 1360. The van der Waals surface area contributed by atoms with Crippen LogP contribution in [-0.2, 0) is 5.41 Å². The van der Waals surface area contributed by atoms with Gasteiger partial charge in [-0.15, -0.1) is 10.2 Å². The monoisotopic (exact) mass is 429 g/mol. The fraction of sp³-hybridized carbons (Fsp3) is 0.133. The van der Waals surface area contributed by atoms with Gasteiger partial charge in [-0.25, -0.2) is 0 Å². The molecule has 162 valence electrons. The first kappa shape index (κ1) is 20.9. The highest BCUT2D eigenvalue weighted by molar-refractivity contribution is 5.71. The molecule has 0 atom stereocenters. The summed E-state index contributed by atoms with van der Waals surface area (Å²) in [7, 11) is 0. The van der Waals surface area contributed by atoms with Gasteiger partial charge in [-0.2, -0.15) is 0 Å². The molecule has 33 heavy (non-hydrogen) atoms. The summed E-state index contributed by atoms with van der Waals surface area (Å²) in [6.07, 6.45) is 0. The molecule has 0 aliphatic rings. The lowest BCUT2D eigenvalue weighted by Gasteiger charge is -2.20. The van der Waals surface area contributed by atoms with Crippen molar-refractivity contribution in [2.24, 2.45) is 0 Å². The lowest BCUT2D eigenvalue weighted by atomic mass is 9.86. The van der Waals surface area contributed by atoms with Crippen LogP contribution in [-0.4, -0.2) is 14.8 Å². The van der Waals surface area contributed by atoms with Crippen LogP contribution in [0.4, 0.5) is 0 Å². The quantitative estimate of drug-likeness (QED) is 0.295. The maximum atomic E-state index is 4.66. The molecule has 0 saturated carbocycles. The van der Waals surface area contributed by atoms with E-state index in [-0.39, 0.29) is 5.41 Å².